The number of nitrogen functional groups attached to an aromatic ring is 1. The molecular weight excluding hydrogens is 248 g/mol. The second-order valence-electron chi connectivity index (χ2n) is 2.88. The minimum Gasteiger partial charge on any atom is -0.398 e. The summed E-state index contributed by atoms with van der Waals surface area (Å²) < 4.78 is 0. The van der Waals surface area contributed by atoms with Crippen LogP contribution in [0.5, 0.6) is 0 Å². The zero-order valence-corrected chi connectivity index (χ0v) is 9.77. The average molecular weight is 260 g/mol. The molecule has 1 amide bonds. The van der Waals surface area contributed by atoms with Gasteiger partial charge >= 0.3 is 0 Å². The van der Waals surface area contributed by atoms with E-state index in [0.717, 1.165) is 11.3 Å². The Balaban J connectivity index is 2.80. The lowest BCUT2D eigenvalue weighted by molar-refractivity contribution is -0.117. The highest BCUT2D eigenvalue weighted by molar-refractivity contribution is 7.13. The van der Waals surface area contributed by atoms with Crippen LogP contribution in [0, 0.1) is 0 Å². The summed E-state index contributed by atoms with van der Waals surface area (Å²) in [4.78, 5) is 20.0. The number of anilines is 1. The number of aromatic nitrogens is 1. The Kier molecular flexibility index (Phi) is 4.82. The Hall–Kier alpha value is -1.71. The number of hydrogen-bond donors (Lipinski definition) is 4. The van der Waals surface area contributed by atoms with E-state index in [-0.39, 0.29) is 18.0 Å². The van der Waals surface area contributed by atoms with Crippen LogP contribution < -0.4 is 11.1 Å². The third-order valence-electron chi connectivity index (χ3n) is 1.61. The molecule has 0 aliphatic heterocycles. The molecule has 0 atom stereocenters. The first-order chi connectivity index (χ1) is 8.04. The van der Waals surface area contributed by atoms with E-state index >= 15 is 0 Å². The molecule has 17 heavy (non-hydrogen) atoms. The second kappa shape index (κ2) is 6.13. The van der Waals surface area contributed by atoms with Gasteiger partial charge in [0.05, 0.1) is 6.54 Å². The van der Waals surface area contributed by atoms with Crippen molar-refractivity contribution in [1.82, 2.24) is 10.3 Å². The molecule has 0 radical (unpaired) electrons. The minimum atomic E-state index is -1.64. The van der Waals surface area contributed by atoms with E-state index in [9.17, 15) is 4.79 Å². The molecule has 1 heterocycles. The van der Waals surface area contributed by atoms with Crippen LogP contribution in [0.1, 0.15) is 5.69 Å². The fraction of sp³-hybridized carbons (Fsp3) is 0.375. The van der Waals surface area contributed by atoms with Gasteiger partial charge in [0.25, 0.3) is 5.91 Å². The Morgan fingerprint density at radius 2 is 2.47 bits per heavy atom. The van der Waals surface area contributed by atoms with E-state index < -0.39 is 12.2 Å². The Labute approximate surface area is 101 Å². The fourth-order valence-electron chi connectivity index (χ4n) is 0.960. The zero-order valence-electron chi connectivity index (χ0n) is 8.95. The number of thiazole rings is 1. The topological polar surface area (TPSA) is 130 Å². The van der Waals surface area contributed by atoms with Crippen molar-refractivity contribution in [1.29, 1.82) is 0 Å². The first-order valence-corrected chi connectivity index (χ1v) is 5.39. The van der Waals surface area contributed by atoms with Crippen LogP contribution in [0.3, 0.4) is 0 Å². The Morgan fingerprint density at radius 1 is 1.76 bits per heavy atom. The number of nitrogens with two attached hydrogens (primary N) is 1. The van der Waals surface area contributed by atoms with Crippen molar-refractivity contribution in [3.8, 4) is 0 Å². The smallest absolute Gasteiger partial charge is 0.275 e. The molecule has 0 aliphatic rings. The van der Waals surface area contributed by atoms with Gasteiger partial charge in [-0.25, -0.2) is 4.98 Å². The van der Waals surface area contributed by atoms with Crippen LogP contribution in [0.15, 0.2) is 10.5 Å². The van der Waals surface area contributed by atoms with E-state index in [2.05, 4.69) is 20.3 Å². The minimum absolute atomic E-state index is 0.0823. The van der Waals surface area contributed by atoms with Crippen LogP contribution in [-0.2, 0) is 9.63 Å². The lowest BCUT2D eigenvalue weighted by Gasteiger charge is -2.06. The lowest BCUT2D eigenvalue weighted by Crippen LogP contribution is -2.37. The fourth-order valence-corrected chi connectivity index (χ4v) is 1.51. The number of carbonyl (C=O) groups is 1. The van der Waals surface area contributed by atoms with Crippen molar-refractivity contribution in [3.63, 3.8) is 0 Å². The summed E-state index contributed by atoms with van der Waals surface area (Å²) in [6, 6.07) is 0. The summed E-state index contributed by atoms with van der Waals surface area (Å²) in [5.41, 5.74) is 5.62. The highest BCUT2D eigenvalue weighted by Crippen LogP contribution is 2.12. The Bertz CT molecular complexity index is 417. The van der Waals surface area contributed by atoms with Crippen LogP contribution >= 0.6 is 11.3 Å². The monoisotopic (exact) mass is 260 g/mol. The first kappa shape index (κ1) is 13.4. The second-order valence-corrected chi connectivity index (χ2v) is 3.77. The van der Waals surface area contributed by atoms with Crippen molar-refractivity contribution in [2.24, 2.45) is 5.16 Å². The summed E-state index contributed by atoms with van der Waals surface area (Å²) in [5.74, 6) is -0.634. The molecular formula is C8H12N4O4S. The van der Waals surface area contributed by atoms with Crippen LogP contribution in [0.25, 0.3) is 0 Å². The standard InChI is InChI=1S/C8H12N4O4S/c1-16-12-6(4-3-17-8(9)11-4)7(15)10-2-5(13)14/h3,5,13-14H,2H2,1H3,(H2,9,11)(H,10,15)/b12-6-. The third kappa shape index (κ3) is 3.98. The van der Waals surface area contributed by atoms with Gasteiger partial charge in [0.2, 0.25) is 0 Å². The molecule has 1 aromatic rings. The van der Waals surface area contributed by atoms with Crippen molar-refractivity contribution in [2.75, 3.05) is 19.4 Å². The number of carbonyl (C=O) groups excluding carboxylic acids is 1. The molecule has 0 saturated heterocycles. The van der Waals surface area contributed by atoms with Crippen LogP contribution in [-0.4, -0.2) is 46.8 Å². The Morgan fingerprint density at radius 3 is 2.94 bits per heavy atom. The summed E-state index contributed by atoms with van der Waals surface area (Å²) in [7, 11) is 1.28. The van der Waals surface area contributed by atoms with Crippen molar-refractivity contribution < 1.29 is 19.8 Å². The van der Waals surface area contributed by atoms with Crippen LogP contribution in [0.4, 0.5) is 5.13 Å². The molecule has 0 aliphatic carbocycles. The van der Waals surface area contributed by atoms with Crippen LogP contribution in [0.2, 0.25) is 0 Å². The molecule has 0 spiro atoms. The molecule has 9 heteroatoms. The number of rotatable bonds is 5. The predicted molar refractivity (Wildman–Crippen MR) is 61.3 cm³/mol. The van der Waals surface area contributed by atoms with Gasteiger partial charge in [-0.3, -0.25) is 4.79 Å². The van der Waals surface area contributed by atoms with E-state index in [1.165, 1.54) is 7.11 Å². The molecule has 1 rings (SSSR count). The van der Waals surface area contributed by atoms with Gasteiger partial charge in [-0.1, -0.05) is 5.16 Å². The van der Waals surface area contributed by atoms with Gasteiger partial charge in [-0.15, -0.1) is 11.3 Å². The maximum atomic E-state index is 11.6. The van der Waals surface area contributed by atoms with Crippen molar-refractivity contribution in [2.45, 2.75) is 6.29 Å². The van der Waals surface area contributed by atoms with E-state index in [4.69, 9.17) is 15.9 Å². The van der Waals surface area contributed by atoms with E-state index in [0.29, 0.717) is 5.13 Å². The molecule has 0 aromatic carbocycles. The molecule has 1 aromatic heterocycles. The summed E-state index contributed by atoms with van der Waals surface area (Å²) in [6.45, 7) is -0.318. The zero-order chi connectivity index (χ0) is 12.8. The summed E-state index contributed by atoms with van der Waals surface area (Å²) >= 11 is 1.15. The molecule has 0 fully saturated rings. The van der Waals surface area contributed by atoms with Gasteiger partial charge in [0, 0.05) is 5.38 Å². The number of hydrogen-bond acceptors (Lipinski definition) is 8. The summed E-state index contributed by atoms with van der Waals surface area (Å²) in [5, 5.41) is 24.8. The maximum absolute atomic E-state index is 11.6. The van der Waals surface area contributed by atoms with Crippen molar-refractivity contribution in [3.05, 3.63) is 11.1 Å². The number of aliphatic hydroxyl groups is 2. The van der Waals surface area contributed by atoms with Gasteiger partial charge in [-0.2, -0.15) is 0 Å². The van der Waals surface area contributed by atoms with Gasteiger partial charge in [-0.05, 0) is 0 Å². The number of nitrogens with zero attached hydrogens (tertiary/aromatic N) is 2. The van der Waals surface area contributed by atoms with Gasteiger partial charge in [0.15, 0.2) is 17.1 Å². The highest BCUT2D eigenvalue weighted by atomic mass is 32.1. The molecule has 0 unspecified atom stereocenters. The lowest BCUT2D eigenvalue weighted by atomic mass is 10.3. The number of amides is 1. The predicted octanol–water partition coefficient (Wildman–Crippen LogP) is -1.50. The molecule has 94 valence electrons. The van der Waals surface area contributed by atoms with Gasteiger partial charge in [0.1, 0.15) is 12.8 Å². The summed E-state index contributed by atoms with van der Waals surface area (Å²) in [6.07, 6.45) is -1.64. The first-order valence-electron chi connectivity index (χ1n) is 4.51. The molecule has 8 nitrogen and oxygen atoms in total. The normalized spacial score (nSPS) is 11.6. The molecule has 0 saturated carbocycles. The molecule has 0 bridgehead atoms. The number of nitrogens with one attached hydrogen (secondary N) is 1. The van der Waals surface area contributed by atoms with E-state index in [1.54, 1.807) is 5.38 Å². The largest absolute Gasteiger partial charge is 0.398 e. The number of oxime groups is 1. The SMILES string of the molecule is CO/N=C(\C(=O)NCC(O)O)c1csc(N)n1. The number of aliphatic hydroxyl groups excluding tert-OH is 1. The quantitative estimate of drug-likeness (QED) is 0.290. The molecule has 5 N–H and O–H groups in total. The highest BCUT2D eigenvalue weighted by Gasteiger charge is 2.18. The van der Waals surface area contributed by atoms with E-state index in [1.807, 2.05) is 0 Å². The van der Waals surface area contributed by atoms with Crippen molar-refractivity contribution >= 4 is 28.1 Å². The third-order valence-corrected chi connectivity index (χ3v) is 2.28. The van der Waals surface area contributed by atoms with Gasteiger partial charge < -0.3 is 26.1 Å². The maximum Gasteiger partial charge on any atom is 0.275 e. The average Bonchev–Trinajstić information content (AvgIpc) is 2.69.